The van der Waals surface area contributed by atoms with E-state index in [4.69, 9.17) is 30.8 Å². The average molecular weight is 461 g/mol. The fourth-order valence-corrected chi connectivity index (χ4v) is 3.62. The number of anilines is 1. The molecule has 0 unspecified atom stereocenters. The highest BCUT2D eigenvalue weighted by Crippen LogP contribution is 2.31. The highest BCUT2D eigenvalue weighted by molar-refractivity contribution is 7.80. The van der Waals surface area contributed by atoms with Crippen molar-refractivity contribution in [3.8, 4) is 28.7 Å². The second kappa shape index (κ2) is 8.79. The third kappa shape index (κ3) is 4.44. The van der Waals surface area contributed by atoms with E-state index >= 15 is 0 Å². The molecule has 1 aliphatic heterocycles. The van der Waals surface area contributed by atoms with Gasteiger partial charge < -0.3 is 23.9 Å². The molecule has 0 aliphatic carbocycles. The lowest BCUT2D eigenvalue weighted by molar-refractivity contribution is 0.0976. The Morgan fingerprint density at radius 3 is 2.73 bits per heavy atom. The number of hydrogen-bond donors (Lipinski definition) is 2. The van der Waals surface area contributed by atoms with Gasteiger partial charge in [-0.2, -0.15) is 0 Å². The number of aromatic nitrogens is 1. The molecule has 0 radical (unpaired) electrons. The molecule has 0 bridgehead atoms. The maximum Gasteiger partial charge on any atom is 0.257 e. The molecule has 1 aliphatic rings. The summed E-state index contributed by atoms with van der Waals surface area (Å²) in [5, 5.41) is 5.83. The second-order valence-electron chi connectivity index (χ2n) is 7.20. The fourth-order valence-electron chi connectivity index (χ4n) is 3.41. The minimum absolute atomic E-state index is 0.158. The van der Waals surface area contributed by atoms with Crippen LogP contribution in [0.4, 0.5) is 5.69 Å². The van der Waals surface area contributed by atoms with Gasteiger partial charge in [-0.1, -0.05) is 6.07 Å². The van der Waals surface area contributed by atoms with E-state index in [1.165, 1.54) is 0 Å². The first-order valence-electron chi connectivity index (χ1n) is 10.2. The number of carbonyl (C=O) groups is 1. The lowest BCUT2D eigenvalue weighted by atomic mass is 10.2. The molecule has 33 heavy (non-hydrogen) atoms. The molecule has 8 nitrogen and oxygen atoms in total. The first kappa shape index (κ1) is 20.8. The summed E-state index contributed by atoms with van der Waals surface area (Å²) in [6.07, 6.45) is 0. The summed E-state index contributed by atoms with van der Waals surface area (Å²) in [6, 6.07) is 17.9. The van der Waals surface area contributed by atoms with Crippen LogP contribution in [0.15, 0.2) is 65.1 Å². The van der Waals surface area contributed by atoms with E-state index in [9.17, 15) is 4.79 Å². The molecule has 0 atom stereocenters. The summed E-state index contributed by atoms with van der Waals surface area (Å²) < 4.78 is 22.1. The van der Waals surface area contributed by atoms with Crippen LogP contribution in [0.1, 0.15) is 10.4 Å². The Morgan fingerprint density at radius 1 is 1.03 bits per heavy atom. The molecule has 166 valence electrons. The summed E-state index contributed by atoms with van der Waals surface area (Å²) in [5.74, 6) is 2.00. The Kier molecular flexibility index (Phi) is 5.54. The standard InChI is InChI=1S/C24H19N3O5S/c1-29-17-4-2-3-15(11-17)23-26-18-13-16(6-8-19(18)32-23)25-24(33)27-22(28)14-5-7-20-21(12-14)31-10-9-30-20/h2-8,11-13H,9-10H2,1H3,(H2,25,27,28,33). The third-order valence-corrected chi connectivity index (χ3v) is 5.20. The molecule has 0 saturated heterocycles. The van der Waals surface area contributed by atoms with E-state index in [2.05, 4.69) is 15.6 Å². The third-order valence-electron chi connectivity index (χ3n) is 4.99. The molecule has 5 rings (SSSR count). The van der Waals surface area contributed by atoms with Gasteiger partial charge in [0.25, 0.3) is 5.91 Å². The van der Waals surface area contributed by atoms with Crippen molar-refractivity contribution in [2.45, 2.75) is 0 Å². The Morgan fingerprint density at radius 2 is 1.88 bits per heavy atom. The Balaban J connectivity index is 1.28. The van der Waals surface area contributed by atoms with Gasteiger partial charge in [-0.3, -0.25) is 10.1 Å². The molecule has 0 spiro atoms. The first-order chi connectivity index (χ1) is 16.1. The number of carbonyl (C=O) groups excluding carboxylic acids is 1. The van der Waals surface area contributed by atoms with E-state index in [1.807, 2.05) is 24.3 Å². The van der Waals surface area contributed by atoms with Gasteiger partial charge in [-0.25, -0.2) is 4.98 Å². The Labute approximate surface area is 194 Å². The Hall–Kier alpha value is -4.11. The predicted octanol–water partition coefficient (Wildman–Crippen LogP) is 4.40. The van der Waals surface area contributed by atoms with Gasteiger partial charge >= 0.3 is 0 Å². The van der Waals surface area contributed by atoms with E-state index in [-0.39, 0.29) is 11.0 Å². The Bertz CT molecular complexity index is 1370. The van der Waals surface area contributed by atoms with Crippen LogP contribution in [0, 0.1) is 0 Å². The largest absolute Gasteiger partial charge is 0.497 e. The van der Waals surface area contributed by atoms with E-state index in [0.29, 0.717) is 53.0 Å². The monoisotopic (exact) mass is 461 g/mol. The molecule has 1 aromatic heterocycles. The molecule has 9 heteroatoms. The van der Waals surface area contributed by atoms with Crippen LogP contribution in [-0.4, -0.2) is 36.3 Å². The van der Waals surface area contributed by atoms with Gasteiger partial charge in [0.2, 0.25) is 5.89 Å². The summed E-state index contributed by atoms with van der Waals surface area (Å²) in [4.78, 5) is 17.1. The summed E-state index contributed by atoms with van der Waals surface area (Å²) in [5.41, 5.74) is 3.17. The summed E-state index contributed by atoms with van der Waals surface area (Å²) >= 11 is 5.31. The maximum atomic E-state index is 12.6. The van der Waals surface area contributed by atoms with Gasteiger partial charge in [-0.05, 0) is 66.8 Å². The van der Waals surface area contributed by atoms with E-state index < -0.39 is 0 Å². The molecule has 0 fully saturated rings. The fraction of sp³-hybridized carbons (Fsp3) is 0.125. The number of nitrogens with zero attached hydrogens (tertiary/aromatic N) is 1. The number of nitrogens with one attached hydrogen (secondary N) is 2. The van der Waals surface area contributed by atoms with Crippen molar-refractivity contribution in [3.05, 3.63) is 66.2 Å². The SMILES string of the molecule is COc1cccc(-c2nc3cc(NC(=S)NC(=O)c4ccc5c(c4)OCCO5)ccc3o2)c1. The molecule has 1 amide bonds. The highest BCUT2D eigenvalue weighted by Gasteiger charge is 2.16. The molecule has 2 N–H and O–H groups in total. The zero-order valence-corrected chi connectivity index (χ0v) is 18.4. The number of methoxy groups -OCH3 is 1. The van der Waals surface area contributed by atoms with Crippen molar-refractivity contribution < 1.29 is 23.4 Å². The number of amides is 1. The first-order valence-corrected chi connectivity index (χ1v) is 10.6. The van der Waals surface area contributed by atoms with Crippen molar-refractivity contribution in [2.24, 2.45) is 0 Å². The number of rotatable bonds is 4. The second-order valence-corrected chi connectivity index (χ2v) is 7.61. The molecule has 2 heterocycles. The number of thiocarbonyl (C=S) groups is 1. The highest BCUT2D eigenvalue weighted by atomic mass is 32.1. The van der Waals surface area contributed by atoms with Gasteiger partial charge in [0.15, 0.2) is 22.2 Å². The van der Waals surface area contributed by atoms with Crippen LogP contribution in [0.3, 0.4) is 0 Å². The zero-order chi connectivity index (χ0) is 22.8. The molecule has 0 saturated carbocycles. The lowest BCUT2D eigenvalue weighted by Gasteiger charge is -2.18. The van der Waals surface area contributed by atoms with Crippen molar-refractivity contribution in [2.75, 3.05) is 25.6 Å². The van der Waals surface area contributed by atoms with Gasteiger partial charge in [0, 0.05) is 16.8 Å². The van der Waals surface area contributed by atoms with Crippen LogP contribution < -0.4 is 24.8 Å². The van der Waals surface area contributed by atoms with Crippen LogP contribution in [0.25, 0.3) is 22.6 Å². The molecule has 3 aromatic carbocycles. The minimum Gasteiger partial charge on any atom is -0.497 e. The van der Waals surface area contributed by atoms with E-state index in [0.717, 1.165) is 11.3 Å². The zero-order valence-electron chi connectivity index (χ0n) is 17.6. The van der Waals surface area contributed by atoms with Crippen molar-refractivity contribution in [1.82, 2.24) is 10.3 Å². The normalized spacial score (nSPS) is 12.3. The quantitative estimate of drug-likeness (QED) is 0.432. The van der Waals surface area contributed by atoms with E-state index in [1.54, 1.807) is 43.5 Å². The smallest absolute Gasteiger partial charge is 0.257 e. The number of hydrogen-bond acceptors (Lipinski definition) is 7. The van der Waals surface area contributed by atoms with Gasteiger partial charge in [0.05, 0.1) is 7.11 Å². The van der Waals surface area contributed by atoms with Crippen LogP contribution in [0.5, 0.6) is 17.2 Å². The molecule has 4 aromatic rings. The minimum atomic E-state index is -0.354. The molecular weight excluding hydrogens is 442 g/mol. The van der Waals surface area contributed by atoms with Crippen LogP contribution in [-0.2, 0) is 0 Å². The lowest BCUT2D eigenvalue weighted by Crippen LogP contribution is -2.34. The van der Waals surface area contributed by atoms with Crippen molar-refractivity contribution in [1.29, 1.82) is 0 Å². The topological polar surface area (TPSA) is 94.9 Å². The summed E-state index contributed by atoms with van der Waals surface area (Å²) in [6.45, 7) is 0.936. The summed E-state index contributed by atoms with van der Waals surface area (Å²) in [7, 11) is 1.61. The number of fused-ring (bicyclic) bond motifs is 2. The van der Waals surface area contributed by atoms with Crippen LogP contribution >= 0.6 is 12.2 Å². The van der Waals surface area contributed by atoms with Gasteiger partial charge in [-0.15, -0.1) is 0 Å². The maximum absolute atomic E-state index is 12.6. The molecular formula is C24H19N3O5S. The van der Waals surface area contributed by atoms with Crippen molar-refractivity contribution >= 4 is 40.0 Å². The number of ether oxygens (including phenoxy) is 3. The predicted molar refractivity (Wildman–Crippen MR) is 127 cm³/mol. The number of benzene rings is 3. The van der Waals surface area contributed by atoms with Crippen LogP contribution in [0.2, 0.25) is 0 Å². The van der Waals surface area contributed by atoms with Gasteiger partial charge in [0.1, 0.15) is 24.5 Å². The van der Waals surface area contributed by atoms with Crippen molar-refractivity contribution in [3.63, 3.8) is 0 Å². The average Bonchev–Trinajstić information content (AvgIpc) is 3.27. The number of oxazole rings is 1.